The van der Waals surface area contributed by atoms with Crippen LogP contribution in [0.2, 0.25) is 0 Å². The maximum absolute atomic E-state index is 12.8. The van der Waals surface area contributed by atoms with Crippen LogP contribution in [-0.4, -0.2) is 40.8 Å². The van der Waals surface area contributed by atoms with E-state index in [0.29, 0.717) is 22.9 Å². The third-order valence-corrected chi connectivity index (χ3v) is 6.38. The van der Waals surface area contributed by atoms with Crippen molar-refractivity contribution in [1.29, 1.82) is 0 Å². The molecule has 0 unspecified atom stereocenters. The highest BCUT2D eigenvalue weighted by Gasteiger charge is 2.28. The Morgan fingerprint density at radius 1 is 1.14 bits per heavy atom. The molecule has 1 aliphatic rings. The lowest BCUT2D eigenvalue weighted by Gasteiger charge is -2.10. The summed E-state index contributed by atoms with van der Waals surface area (Å²) in [6.07, 6.45) is 2.31. The molecule has 1 aliphatic carbocycles. The van der Waals surface area contributed by atoms with E-state index in [1.807, 2.05) is 26.0 Å². The van der Waals surface area contributed by atoms with Crippen molar-refractivity contribution >= 4 is 33.4 Å². The van der Waals surface area contributed by atoms with Crippen molar-refractivity contribution in [1.82, 2.24) is 20.2 Å². The fourth-order valence-electron chi connectivity index (χ4n) is 3.39. The van der Waals surface area contributed by atoms with Gasteiger partial charge in [-0.3, -0.25) is 9.59 Å². The number of hydrogen-bond donors (Lipinski definition) is 1. The second-order valence-corrected chi connectivity index (χ2v) is 8.76. The van der Waals surface area contributed by atoms with Crippen LogP contribution in [0.25, 0.3) is 10.2 Å². The molecule has 1 N–H and O–H groups in total. The number of rotatable bonds is 5. The molecule has 1 aromatic carbocycles. The monoisotopic (exact) mass is 408 g/mol. The van der Waals surface area contributed by atoms with Crippen molar-refractivity contribution < 1.29 is 9.59 Å². The molecule has 2 amide bonds. The minimum atomic E-state index is -0.105. The van der Waals surface area contributed by atoms with Gasteiger partial charge in [0.2, 0.25) is 0 Å². The number of carbonyl (C=O) groups excluding carboxylic acids is 2. The van der Waals surface area contributed by atoms with Gasteiger partial charge in [0, 0.05) is 37.5 Å². The zero-order valence-corrected chi connectivity index (χ0v) is 17.9. The van der Waals surface area contributed by atoms with Crippen molar-refractivity contribution in [2.75, 3.05) is 14.1 Å². The van der Waals surface area contributed by atoms with E-state index in [9.17, 15) is 9.59 Å². The molecule has 0 spiro atoms. The minimum Gasteiger partial charge on any atom is -0.347 e. The van der Waals surface area contributed by atoms with Crippen molar-refractivity contribution in [2.24, 2.45) is 0 Å². The summed E-state index contributed by atoms with van der Waals surface area (Å²) < 4.78 is 0. The summed E-state index contributed by atoms with van der Waals surface area (Å²) in [6.45, 7) is 4.36. The van der Waals surface area contributed by atoms with Gasteiger partial charge in [0.1, 0.15) is 10.7 Å². The largest absolute Gasteiger partial charge is 0.347 e. The average molecular weight is 409 g/mol. The Morgan fingerprint density at radius 2 is 1.83 bits per heavy atom. The molecule has 0 atom stereocenters. The summed E-state index contributed by atoms with van der Waals surface area (Å²) in [4.78, 5) is 37.3. The van der Waals surface area contributed by atoms with Crippen LogP contribution >= 0.6 is 11.3 Å². The molecule has 0 aliphatic heterocycles. The number of aryl methyl sites for hydroxylation is 2. The third kappa shape index (κ3) is 3.87. The second-order valence-electron chi connectivity index (χ2n) is 7.76. The highest BCUT2D eigenvalue weighted by Crippen LogP contribution is 2.40. The van der Waals surface area contributed by atoms with Crippen LogP contribution in [0.4, 0.5) is 0 Å². The van der Waals surface area contributed by atoms with Gasteiger partial charge in [0.05, 0.1) is 10.6 Å². The van der Waals surface area contributed by atoms with Gasteiger partial charge in [-0.1, -0.05) is 12.1 Å². The van der Waals surface area contributed by atoms with Gasteiger partial charge in [-0.25, -0.2) is 9.97 Å². The number of thiophene rings is 1. The van der Waals surface area contributed by atoms with E-state index in [2.05, 4.69) is 10.3 Å². The second kappa shape index (κ2) is 7.55. The number of fused-ring (bicyclic) bond motifs is 1. The average Bonchev–Trinajstić information content (AvgIpc) is 3.49. The molecular weight excluding hydrogens is 384 g/mol. The smallest absolute Gasteiger partial charge is 0.261 e. The topological polar surface area (TPSA) is 75.2 Å². The van der Waals surface area contributed by atoms with E-state index in [1.165, 1.54) is 11.3 Å². The van der Waals surface area contributed by atoms with E-state index < -0.39 is 0 Å². The van der Waals surface area contributed by atoms with Crippen LogP contribution in [0.15, 0.2) is 24.3 Å². The zero-order chi connectivity index (χ0) is 20.7. The Morgan fingerprint density at radius 3 is 2.45 bits per heavy atom. The number of nitrogens with zero attached hydrogens (tertiary/aromatic N) is 3. The number of nitrogens with one attached hydrogen (secondary N) is 1. The summed E-state index contributed by atoms with van der Waals surface area (Å²) in [6, 6.07) is 7.30. The third-order valence-electron chi connectivity index (χ3n) is 5.20. The Labute approximate surface area is 174 Å². The van der Waals surface area contributed by atoms with Crippen LogP contribution in [-0.2, 0) is 6.54 Å². The summed E-state index contributed by atoms with van der Waals surface area (Å²) in [5.41, 5.74) is 3.46. The van der Waals surface area contributed by atoms with Crippen LogP contribution in [0.1, 0.15) is 61.4 Å². The van der Waals surface area contributed by atoms with E-state index in [-0.39, 0.29) is 11.8 Å². The van der Waals surface area contributed by atoms with Gasteiger partial charge >= 0.3 is 0 Å². The Bertz CT molecular complexity index is 1100. The molecule has 0 bridgehead atoms. The van der Waals surface area contributed by atoms with Crippen LogP contribution in [0.5, 0.6) is 0 Å². The fraction of sp³-hybridized carbons (Fsp3) is 0.364. The molecule has 29 heavy (non-hydrogen) atoms. The van der Waals surface area contributed by atoms with Crippen molar-refractivity contribution in [3.63, 3.8) is 0 Å². The molecule has 4 rings (SSSR count). The molecule has 3 aromatic rings. The van der Waals surface area contributed by atoms with Crippen molar-refractivity contribution in [2.45, 2.75) is 39.2 Å². The lowest BCUT2D eigenvalue weighted by molar-refractivity contribution is 0.0827. The molecular formula is C22H24N4O2S. The Hall–Kier alpha value is -2.80. The first kappa shape index (κ1) is 19.5. The van der Waals surface area contributed by atoms with Gasteiger partial charge in [-0.2, -0.15) is 0 Å². The number of benzene rings is 1. The number of hydrogen-bond acceptors (Lipinski definition) is 5. The first-order valence-corrected chi connectivity index (χ1v) is 10.5. The maximum atomic E-state index is 12.8. The summed E-state index contributed by atoms with van der Waals surface area (Å²) in [5, 5.41) is 3.98. The van der Waals surface area contributed by atoms with E-state index in [0.717, 1.165) is 45.7 Å². The molecule has 7 heteroatoms. The summed E-state index contributed by atoms with van der Waals surface area (Å²) in [5.74, 6) is 1.26. The summed E-state index contributed by atoms with van der Waals surface area (Å²) in [7, 11) is 3.45. The highest BCUT2D eigenvalue weighted by atomic mass is 32.1. The first-order chi connectivity index (χ1) is 13.8. The van der Waals surface area contributed by atoms with Gasteiger partial charge in [0.15, 0.2) is 0 Å². The van der Waals surface area contributed by atoms with Crippen LogP contribution < -0.4 is 5.32 Å². The SMILES string of the molecule is Cc1nc(C2CC2)nc2sc(C(=O)NCc3ccc(C(=O)N(C)C)cc3)c(C)c12. The molecule has 150 valence electrons. The van der Waals surface area contributed by atoms with Gasteiger partial charge in [0.25, 0.3) is 11.8 Å². The molecule has 2 aromatic heterocycles. The summed E-state index contributed by atoms with van der Waals surface area (Å²) >= 11 is 1.44. The van der Waals surface area contributed by atoms with Crippen LogP contribution in [0, 0.1) is 13.8 Å². The number of amides is 2. The van der Waals surface area contributed by atoms with Gasteiger partial charge in [-0.15, -0.1) is 11.3 Å². The van der Waals surface area contributed by atoms with Gasteiger partial charge in [-0.05, 0) is 49.9 Å². The van der Waals surface area contributed by atoms with E-state index >= 15 is 0 Å². The van der Waals surface area contributed by atoms with Crippen molar-refractivity contribution in [3.8, 4) is 0 Å². The van der Waals surface area contributed by atoms with Crippen LogP contribution in [0.3, 0.4) is 0 Å². The maximum Gasteiger partial charge on any atom is 0.261 e. The van der Waals surface area contributed by atoms with E-state index in [4.69, 9.17) is 4.98 Å². The van der Waals surface area contributed by atoms with Crippen molar-refractivity contribution in [3.05, 3.63) is 57.4 Å². The molecule has 2 heterocycles. The lowest BCUT2D eigenvalue weighted by Crippen LogP contribution is -2.23. The highest BCUT2D eigenvalue weighted by molar-refractivity contribution is 7.20. The lowest BCUT2D eigenvalue weighted by atomic mass is 10.1. The molecule has 1 saturated carbocycles. The Kier molecular flexibility index (Phi) is 5.08. The van der Waals surface area contributed by atoms with E-state index in [1.54, 1.807) is 31.1 Å². The normalized spacial score (nSPS) is 13.5. The zero-order valence-electron chi connectivity index (χ0n) is 17.1. The minimum absolute atomic E-state index is 0.0384. The Balaban J connectivity index is 1.50. The predicted molar refractivity (Wildman–Crippen MR) is 114 cm³/mol. The number of aromatic nitrogens is 2. The molecule has 1 fully saturated rings. The first-order valence-electron chi connectivity index (χ1n) is 9.71. The molecule has 6 nitrogen and oxygen atoms in total. The van der Waals surface area contributed by atoms with Gasteiger partial charge < -0.3 is 10.2 Å². The fourth-order valence-corrected chi connectivity index (χ4v) is 4.54. The quantitative estimate of drug-likeness (QED) is 0.696. The standard InChI is InChI=1S/C22H24N4O2S/c1-12-17-13(2)24-19(15-9-10-15)25-21(17)29-18(12)20(27)23-11-14-5-7-16(8-6-14)22(28)26(3)4/h5-8,15H,9-11H2,1-4H3,(H,23,27). The number of carbonyl (C=O) groups is 2. The predicted octanol–water partition coefficient (Wildman–Crippen LogP) is 3.82. The molecule has 0 radical (unpaired) electrons. The molecule has 0 saturated heterocycles.